The normalized spacial score (nSPS) is 13.0. The van der Waals surface area contributed by atoms with Gasteiger partial charge in [0.05, 0.1) is 12.9 Å². The molecule has 0 aliphatic carbocycles. The summed E-state index contributed by atoms with van der Waals surface area (Å²) in [6, 6.07) is 0.360. The van der Waals surface area contributed by atoms with E-state index in [1.807, 2.05) is 20.8 Å². The lowest BCUT2D eigenvalue weighted by atomic mass is 10.4. The van der Waals surface area contributed by atoms with E-state index in [1.165, 1.54) is 0 Å². The highest BCUT2D eigenvalue weighted by Crippen LogP contribution is 2.18. The van der Waals surface area contributed by atoms with E-state index in [1.54, 1.807) is 23.3 Å². The second kappa shape index (κ2) is 11.3. The highest BCUT2D eigenvalue weighted by atomic mass is 28.4. The molecule has 0 spiro atoms. The van der Waals surface area contributed by atoms with E-state index in [2.05, 4.69) is 4.98 Å². The van der Waals surface area contributed by atoms with Crippen molar-refractivity contribution < 1.29 is 27.9 Å². The van der Waals surface area contributed by atoms with Gasteiger partial charge in [0.15, 0.2) is 0 Å². The first-order chi connectivity index (χ1) is 11.5. The van der Waals surface area contributed by atoms with E-state index in [4.69, 9.17) is 18.0 Å². The summed E-state index contributed by atoms with van der Waals surface area (Å²) in [4.78, 5) is 15.8. The van der Waals surface area contributed by atoms with Gasteiger partial charge in [-0.3, -0.25) is 4.79 Å². The van der Waals surface area contributed by atoms with Crippen LogP contribution in [0.5, 0.6) is 0 Å². The van der Waals surface area contributed by atoms with Crippen LogP contribution < -0.4 is 0 Å². The van der Waals surface area contributed by atoms with E-state index in [-0.39, 0.29) is 13.0 Å². The SMILES string of the molecule is CCO[Si](CCC(=O)OCC(O)Cn1ccnc1)(OCC)OCC. The molecule has 1 aromatic rings. The van der Waals surface area contributed by atoms with Crippen LogP contribution in [-0.2, 0) is 29.4 Å². The Balaban J connectivity index is 2.38. The van der Waals surface area contributed by atoms with Crippen molar-refractivity contribution in [3.63, 3.8) is 0 Å². The maximum Gasteiger partial charge on any atom is 0.501 e. The molecule has 1 atom stereocenters. The Hall–Kier alpha value is -1.26. The van der Waals surface area contributed by atoms with Crippen LogP contribution in [0.4, 0.5) is 0 Å². The van der Waals surface area contributed by atoms with Gasteiger partial charge in [-0.2, -0.15) is 0 Å². The first-order valence-corrected chi connectivity index (χ1v) is 10.2. The molecule has 1 heterocycles. The Morgan fingerprint density at radius 2 is 1.83 bits per heavy atom. The fourth-order valence-corrected chi connectivity index (χ4v) is 4.72. The van der Waals surface area contributed by atoms with E-state index < -0.39 is 20.9 Å². The smallest absolute Gasteiger partial charge is 0.463 e. The largest absolute Gasteiger partial charge is 0.501 e. The average molecular weight is 360 g/mol. The van der Waals surface area contributed by atoms with Crippen molar-refractivity contribution >= 4 is 14.8 Å². The van der Waals surface area contributed by atoms with Gasteiger partial charge in [-0.05, 0) is 20.8 Å². The summed E-state index contributed by atoms with van der Waals surface area (Å²) in [5.74, 6) is -0.407. The highest BCUT2D eigenvalue weighted by molar-refractivity contribution is 6.60. The number of nitrogens with zero attached hydrogens (tertiary/aromatic N) is 2. The van der Waals surface area contributed by atoms with Crippen LogP contribution in [0.3, 0.4) is 0 Å². The molecule has 0 fully saturated rings. The summed E-state index contributed by atoms with van der Waals surface area (Å²) in [5.41, 5.74) is 0. The minimum atomic E-state index is -2.84. The van der Waals surface area contributed by atoms with Gasteiger partial charge in [-0.25, -0.2) is 4.98 Å². The lowest BCUT2D eigenvalue weighted by Gasteiger charge is -2.28. The van der Waals surface area contributed by atoms with Crippen LogP contribution in [0, 0.1) is 0 Å². The Morgan fingerprint density at radius 1 is 1.21 bits per heavy atom. The van der Waals surface area contributed by atoms with Crippen LogP contribution in [0.1, 0.15) is 27.2 Å². The fraction of sp³-hybridized carbons (Fsp3) is 0.733. The van der Waals surface area contributed by atoms with E-state index in [9.17, 15) is 9.90 Å². The third-order valence-electron chi connectivity index (χ3n) is 3.15. The lowest BCUT2D eigenvalue weighted by molar-refractivity contribution is -0.146. The Labute approximate surface area is 144 Å². The maximum atomic E-state index is 11.9. The van der Waals surface area contributed by atoms with Gasteiger partial charge < -0.3 is 27.7 Å². The summed E-state index contributed by atoms with van der Waals surface area (Å²) in [5, 5.41) is 9.86. The van der Waals surface area contributed by atoms with Crippen molar-refractivity contribution in [1.82, 2.24) is 9.55 Å². The zero-order valence-electron chi connectivity index (χ0n) is 14.6. The highest BCUT2D eigenvalue weighted by Gasteiger charge is 2.40. The third-order valence-corrected chi connectivity index (χ3v) is 6.19. The molecule has 1 unspecified atom stereocenters. The van der Waals surface area contributed by atoms with Crippen LogP contribution in [0.15, 0.2) is 18.7 Å². The lowest BCUT2D eigenvalue weighted by Crippen LogP contribution is -2.46. The number of hydrogen-bond acceptors (Lipinski definition) is 7. The van der Waals surface area contributed by atoms with Crippen LogP contribution in [0.25, 0.3) is 0 Å². The zero-order valence-corrected chi connectivity index (χ0v) is 15.6. The Morgan fingerprint density at radius 3 is 2.33 bits per heavy atom. The van der Waals surface area contributed by atoms with Crippen molar-refractivity contribution in [2.45, 2.75) is 45.9 Å². The molecule has 1 N–H and O–H groups in total. The van der Waals surface area contributed by atoms with Crippen molar-refractivity contribution in [1.29, 1.82) is 0 Å². The van der Waals surface area contributed by atoms with Gasteiger partial charge in [0.2, 0.25) is 0 Å². The van der Waals surface area contributed by atoms with Gasteiger partial charge in [0.1, 0.15) is 12.7 Å². The third kappa shape index (κ3) is 7.54. The van der Waals surface area contributed by atoms with E-state index in [0.29, 0.717) is 32.4 Å². The molecule has 8 nitrogen and oxygen atoms in total. The number of carbonyl (C=O) groups is 1. The number of imidazole rings is 1. The first-order valence-electron chi connectivity index (χ1n) is 8.26. The summed E-state index contributed by atoms with van der Waals surface area (Å²) < 4.78 is 23.9. The van der Waals surface area contributed by atoms with Crippen LogP contribution >= 0.6 is 0 Å². The molecule has 0 radical (unpaired) electrons. The number of rotatable bonds is 13. The van der Waals surface area contributed by atoms with Gasteiger partial charge in [-0.15, -0.1) is 0 Å². The fourth-order valence-electron chi connectivity index (χ4n) is 2.21. The Bertz CT molecular complexity index is 440. The van der Waals surface area contributed by atoms with E-state index in [0.717, 1.165) is 0 Å². The van der Waals surface area contributed by atoms with Crippen molar-refractivity contribution in [2.75, 3.05) is 26.4 Å². The molecule has 1 aromatic heterocycles. The molecule has 138 valence electrons. The monoisotopic (exact) mass is 360 g/mol. The minimum absolute atomic E-state index is 0.0660. The predicted octanol–water partition coefficient (Wildman–Crippen LogP) is 1.23. The quantitative estimate of drug-likeness (QED) is 0.418. The number of aliphatic hydroxyl groups is 1. The second-order valence-corrected chi connectivity index (χ2v) is 7.81. The van der Waals surface area contributed by atoms with Gasteiger partial charge in [0.25, 0.3) is 0 Å². The second-order valence-electron chi connectivity index (χ2n) is 5.08. The number of ether oxygens (including phenoxy) is 1. The van der Waals surface area contributed by atoms with Crippen molar-refractivity contribution in [3.8, 4) is 0 Å². The topological polar surface area (TPSA) is 92.0 Å². The van der Waals surface area contributed by atoms with Crippen LogP contribution in [0.2, 0.25) is 6.04 Å². The van der Waals surface area contributed by atoms with E-state index >= 15 is 0 Å². The van der Waals surface area contributed by atoms with Crippen LogP contribution in [-0.4, -0.2) is 62.0 Å². The van der Waals surface area contributed by atoms with Gasteiger partial charge in [0, 0.05) is 44.7 Å². The minimum Gasteiger partial charge on any atom is -0.463 e. The molecule has 9 heteroatoms. The number of aliphatic hydroxyl groups excluding tert-OH is 1. The molecule has 0 bridgehead atoms. The summed E-state index contributed by atoms with van der Waals surface area (Å²) in [7, 11) is -2.84. The Kier molecular flexibility index (Phi) is 9.80. The zero-order chi connectivity index (χ0) is 17.8. The number of aromatic nitrogens is 2. The molecule has 1 rings (SSSR count). The summed E-state index contributed by atoms with van der Waals surface area (Å²) in [6.45, 7) is 7.24. The van der Waals surface area contributed by atoms with Gasteiger partial charge >= 0.3 is 14.8 Å². The first kappa shape index (κ1) is 20.8. The molecule has 24 heavy (non-hydrogen) atoms. The molecular weight excluding hydrogens is 332 g/mol. The number of hydrogen-bond donors (Lipinski definition) is 1. The standard InChI is InChI=1S/C15H28N2O6Si/c1-4-21-24(22-5-2,23-6-3)10-7-15(19)20-12-14(18)11-17-9-8-16-13-17/h8-9,13-14,18H,4-7,10-12H2,1-3H3. The van der Waals surface area contributed by atoms with Crippen molar-refractivity contribution in [2.24, 2.45) is 0 Å². The molecule has 0 amide bonds. The molecule has 0 saturated carbocycles. The van der Waals surface area contributed by atoms with Gasteiger partial charge in [-0.1, -0.05) is 0 Å². The molecular formula is C15H28N2O6Si. The molecule has 0 saturated heterocycles. The predicted molar refractivity (Wildman–Crippen MR) is 89.2 cm³/mol. The summed E-state index contributed by atoms with van der Waals surface area (Å²) >= 11 is 0. The van der Waals surface area contributed by atoms with Crippen molar-refractivity contribution in [3.05, 3.63) is 18.7 Å². The number of esters is 1. The summed E-state index contributed by atoms with van der Waals surface area (Å²) in [6.07, 6.45) is 4.30. The maximum absolute atomic E-state index is 11.9. The average Bonchev–Trinajstić information content (AvgIpc) is 3.05. The number of carbonyl (C=O) groups excluding carboxylic acids is 1. The molecule has 0 aromatic carbocycles. The molecule has 0 aliphatic heterocycles. The molecule has 0 aliphatic rings.